The van der Waals surface area contributed by atoms with Crippen LogP contribution >= 0.6 is 23.2 Å². The van der Waals surface area contributed by atoms with E-state index in [1.54, 1.807) is 24.2 Å². The molecule has 158 valence electrons. The van der Waals surface area contributed by atoms with Crippen LogP contribution in [0.3, 0.4) is 0 Å². The van der Waals surface area contributed by atoms with Gasteiger partial charge in [-0.25, -0.2) is 9.80 Å². The normalized spacial score (nSPS) is 14.2. The van der Waals surface area contributed by atoms with Crippen molar-refractivity contribution < 1.29 is 0 Å². The van der Waals surface area contributed by atoms with Crippen LogP contribution in [0.2, 0.25) is 10.0 Å². The predicted octanol–water partition coefficient (Wildman–Crippen LogP) is 3.16. The first-order valence-electron chi connectivity index (χ1n) is 9.44. The molecule has 8 nitrogen and oxygen atoms in total. The Labute approximate surface area is 183 Å². The maximum atomic E-state index is 12.9. The molecule has 10 heteroatoms. The number of anilines is 1. The van der Waals surface area contributed by atoms with Gasteiger partial charge in [-0.2, -0.15) is 10.1 Å². The lowest BCUT2D eigenvalue weighted by atomic mass is 9.89. The summed E-state index contributed by atoms with van der Waals surface area (Å²) in [5, 5.41) is 7.51. The van der Waals surface area contributed by atoms with Gasteiger partial charge in [0.15, 0.2) is 11.2 Å². The van der Waals surface area contributed by atoms with E-state index in [9.17, 15) is 9.59 Å². The van der Waals surface area contributed by atoms with E-state index in [1.165, 1.54) is 11.6 Å². The molecule has 0 unspecified atom stereocenters. The Kier molecular flexibility index (Phi) is 4.82. The molecule has 0 radical (unpaired) electrons. The third-order valence-corrected chi connectivity index (χ3v) is 6.03. The van der Waals surface area contributed by atoms with Crippen LogP contribution in [-0.2, 0) is 27.2 Å². The molecule has 4 rings (SSSR count). The second-order valence-corrected chi connectivity index (χ2v) is 9.29. The number of benzene rings is 1. The zero-order valence-corrected chi connectivity index (χ0v) is 18.9. The third-order valence-electron chi connectivity index (χ3n) is 5.29. The Bertz CT molecular complexity index is 1330. The second-order valence-electron chi connectivity index (χ2n) is 8.48. The molecule has 0 aliphatic carbocycles. The fourth-order valence-electron chi connectivity index (χ4n) is 3.46. The number of aromatic nitrogens is 4. The molecule has 0 N–H and O–H groups in total. The molecule has 30 heavy (non-hydrogen) atoms. The lowest BCUT2D eigenvalue weighted by molar-refractivity contribution is 0.549. The van der Waals surface area contributed by atoms with Gasteiger partial charge in [0.05, 0.1) is 28.8 Å². The average Bonchev–Trinajstić information content (AvgIpc) is 3.07. The van der Waals surface area contributed by atoms with Crippen molar-refractivity contribution in [2.24, 2.45) is 24.6 Å². The first kappa shape index (κ1) is 20.7. The van der Waals surface area contributed by atoms with E-state index in [0.717, 1.165) is 15.8 Å². The van der Waals surface area contributed by atoms with Crippen LogP contribution in [0, 0.1) is 5.41 Å². The fraction of sp³-hybridized carbons (Fsp3) is 0.400. The van der Waals surface area contributed by atoms with Gasteiger partial charge >= 0.3 is 5.69 Å². The van der Waals surface area contributed by atoms with Crippen LogP contribution in [0.4, 0.5) is 5.95 Å². The number of fused-ring (bicyclic) bond motifs is 3. The molecule has 3 aromatic rings. The summed E-state index contributed by atoms with van der Waals surface area (Å²) in [6, 6.07) is 5.39. The number of aryl methyl sites for hydroxylation is 1. The number of imidazole rings is 1. The maximum Gasteiger partial charge on any atom is 0.332 e. The standard InChI is InChI=1S/C20H22Cl2N6O2/c1-20(2,3)14-10-27-15-16(25(4)19(30)26(5)17(15)29)23-18(27)28(24-14)9-11-6-7-12(21)13(22)8-11/h6-8H,9-10H2,1-5H3. The highest BCUT2D eigenvalue weighted by molar-refractivity contribution is 6.42. The van der Waals surface area contributed by atoms with Gasteiger partial charge in [-0.1, -0.05) is 50.0 Å². The lowest BCUT2D eigenvalue weighted by Crippen LogP contribution is -2.39. The highest BCUT2D eigenvalue weighted by atomic mass is 35.5. The molecule has 0 bridgehead atoms. The van der Waals surface area contributed by atoms with E-state index in [0.29, 0.717) is 40.2 Å². The van der Waals surface area contributed by atoms with Gasteiger partial charge in [-0.15, -0.1) is 0 Å². The van der Waals surface area contributed by atoms with Crippen LogP contribution in [-0.4, -0.2) is 24.4 Å². The Morgan fingerprint density at radius 1 is 1.07 bits per heavy atom. The highest BCUT2D eigenvalue weighted by Crippen LogP contribution is 2.31. The fourth-order valence-corrected chi connectivity index (χ4v) is 3.78. The van der Waals surface area contributed by atoms with Crippen molar-refractivity contribution in [2.45, 2.75) is 33.9 Å². The molecule has 0 fully saturated rings. The van der Waals surface area contributed by atoms with E-state index >= 15 is 0 Å². The van der Waals surface area contributed by atoms with Crippen molar-refractivity contribution in [3.63, 3.8) is 0 Å². The van der Waals surface area contributed by atoms with Gasteiger partial charge in [-0.3, -0.25) is 18.5 Å². The molecule has 0 spiro atoms. The molecule has 1 aromatic carbocycles. The van der Waals surface area contributed by atoms with Crippen molar-refractivity contribution in [1.82, 2.24) is 18.7 Å². The van der Waals surface area contributed by atoms with Gasteiger partial charge in [0.1, 0.15) is 0 Å². The average molecular weight is 449 g/mol. The number of rotatable bonds is 2. The van der Waals surface area contributed by atoms with Crippen molar-refractivity contribution in [3.05, 3.63) is 54.6 Å². The SMILES string of the molecule is Cn1c(=O)c2c(nc3n2CC(C(C)(C)C)=NN3Cc2ccc(Cl)c(Cl)c2)n(C)c1=O. The van der Waals surface area contributed by atoms with Crippen molar-refractivity contribution in [2.75, 3.05) is 5.01 Å². The first-order chi connectivity index (χ1) is 14.0. The monoisotopic (exact) mass is 448 g/mol. The number of hydrazone groups is 1. The van der Waals surface area contributed by atoms with Crippen LogP contribution < -0.4 is 16.3 Å². The van der Waals surface area contributed by atoms with Crippen molar-refractivity contribution in [3.8, 4) is 0 Å². The van der Waals surface area contributed by atoms with Crippen LogP contribution in [0.25, 0.3) is 11.2 Å². The Morgan fingerprint density at radius 3 is 2.40 bits per heavy atom. The molecule has 1 aliphatic heterocycles. The van der Waals surface area contributed by atoms with E-state index in [2.05, 4.69) is 25.8 Å². The molecule has 0 saturated carbocycles. The molecular formula is C20H22Cl2N6O2. The minimum absolute atomic E-state index is 0.226. The predicted molar refractivity (Wildman–Crippen MR) is 120 cm³/mol. The van der Waals surface area contributed by atoms with Gasteiger partial charge in [0.25, 0.3) is 5.56 Å². The van der Waals surface area contributed by atoms with Gasteiger partial charge in [0.2, 0.25) is 5.95 Å². The minimum Gasteiger partial charge on any atom is -0.297 e. The summed E-state index contributed by atoms with van der Waals surface area (Å²) in [4.78, 5) is 29.9. The molecule has 0 atom stereocenters. The zero-order valence-electron chi connectivity index (χ0n) is 17.4. The summed E-state index contributed by atoms with van der Waals surface area (Å²) < 4.78 is 4.32. The van der Waals surface area contributed by atoms with Crippen molar-refractivity contribution >= 4 is 46.0 Å². The Hall–Kier alpha value is -2.58. The smallest absolute Gasteiger partial charge is 0.297 e. The minimum atomic E-state index is -0.420. The van der Waals surface area contributed by atoms with Gasteiger partial charge in [-0.05, 0) is 17.7 Å². The summed E-state index contributed by atoms with van der Waals surface area (Å²) >= 11 is 12.2. The summed E-state index contributed by atoms with van der Waals surface area (Å²) in [5.41, 5.74) is 1.48. The molecule has 1 aliphatic rings. The van der Waals surface area contributed by atoms with E-state index in [1.807, 2.05) is 10.6 Å². The summed E-state index contributed by atoms with van der Waals surface area (Å²) in [6.07, 6.45) is 0. The number of halogens is 2. The largest absolute Gasteiger partial charge is 0.332 e. The number of nitrogens with zero attached hydrogens (tertiary/aromatic N) is 6. The van der Waals surface area contributed by atoms with E-state index in [-0.39, 0.29) is 11.0 Å². The van der Waals surface area contributed by atoms with Gasteiger partial charge < -0.3 is 0 Å². The Balaban J connectivity index is 1.94. The molecule has 0 saturated heterocycles. The van der Waals surface area contributed by atoms with E-state index < -0.39 is 5.69 Å². The number of hydrogen-bond acceptors (Lipinski definition) is 5. The van der Waals surface area contributed by atoms with Crippen LogP contribution in [0.5, 0.6) is 0 Å². The number of hydrogen-bond donors (Lipinski definition) is 0. The molecule has 3 heterocycles. The zero-order chi connectivity index (χ0) is 22.0. The van der Waals surface area contributed by atoms with Crippen molar-refractivity contribution in [1.29, 1.82) is 0 Å². The topological polar surface area (TPSA) is 77.4 Å². The third kappa shape index (κ3) is 3.24. The second kappa shape index (κ2) is 6.99. The van der Waals surface area contributed by atoms with Crippen LogP contribution in [0.15, 0.2) is 32.9 Å². The molecule has 0 amide bonds. The van der Waals surface area contributed by atoms with Crippen LogP contribution in [0.1, 0.15) is 26.3 Å². The molecular weight excluding hydrogens is 427 g/mol. The van der Waals surface area contributed by atoms with Gasteiger partial charge in [0, 0.05) is 19.5 Å². The lowest BCUT2D eigenvalue weighted by Gasteiger charge is -2.31. The summed E-state index contributed by atoms with van der Waals surface area (Å²) in [6.45, 7) is 7.01. The maximum absolute atomic E-state index is 12.9. The Morgan fingerprint density at radius 2 is 1.77 bits per heavy atom. The highest BCUT2D eigenvalue weighted by Gasteiger charge is 2.31. The first-order valence-corrected chi connectivity index (χ1v) is 10.2. The quantitative estimate of drug-likeness (QED) is 0.602. The van der Waals surface area contributed by atoms with E-state index in [4.69, 9.17) is 28.3 Å². The summed E-state index contributed by atoms with van der Waals surface area (Å²) in [7, 11) is 3.08. The summed E-state index contributed by atoms with van der Waals surface area (Å²) in [5.74, 6) is 0.502. The molecule has 2 aromatic heterocycles.